The van der Waals surface area contributed by atoms with E-state index in [0.717, 1.165) is 5.56 Å². The molecular weight excluding hydrogens is 356 g/mol. The molecular formula is C17H18N4O4S. The van der Waals surface area contributed by atoms with E-state index in [1.165, 1.54) is 20.3 Å². The van der Waals surface area contributed by atoms with Gasteiger partial charge in [0.1, 0.15) is 0 Å². The number of ether oxygens (including phenoxy) is 2. The summed E-state index contributed by atoms with van der Waals surface area (Å²) < 4.78 is 38.4. The van der Waals surface area contributed by atoms with Gasteiger partial charge in [-0.3, -0.25) is 14.8 Å². The minimum Gasteiger partial charge on any atom is -0.493 e. The highest BCUT2D eigenvalue weighted by Gasteiger charge is 2.21. The number of aromatic amines is 1. The molecule has 8 nitrogen and oxygen atoms in total. The molecule has 26 heavy (non-hydrogen) atoms. The third kappa shape index (κ3) is 3.47. The van der Waals surface area contributed by atoms with E-state index in [4.69, 9.17) is 9.47 Å². The van der Waals surface area contributed by atoms with Crippen LogP contribution in [0.2, 0.25) is 0 Å². The first-order chi connectivity index (χ1) is 12.4. The van der Waals surface area contributed by atoms with Crippen molar-refractivity contribution in [2.45, 2.75) is 11.8 Å². The van der Waals surface area contributed by atoms with Gasteiger partial charge in [0.2, 0.25) is 0 Å². The molecule has 0 aliphatic rings. The Balaban J connectivity index is 1.92. The Labute approximate surface area is 151 Å². The molecule has 2 heterocycles. The van der Waals surface area contributed by atoms with E-state index >= 15 is 0 Å². The van der Waals surface area contributed by atoms with Crippen LogP contribution in [-0.4, -0.2) is 37.8 Å². The van der Waals surface area contributed by atoms with Crippen LogP contribution in [0.4, 0.5) is 5.82 Å². The third-order valence-electron chi connectivity index (χ3n) is 3.78. The number of anilines is 1. The molecule has 0 aliphatic heterocycles. The summed E-state index contributed by atoms with van der Waals surface area (Å²) in [5.74, 6) is 0.979. The Hall–Kier alpha value is -3.07. The molecule has 0 atom stereocenters. The maximum absolute atomic E-state index is 12.8. The number of sulfonamides is 1. The van der Waals surface area contributed by atoms with Gasteiger partial charge < -0.3 is 9.47 Å². The van der Waals surface area contributed by atoms with Crippen LogP contribution in [0.3, 0.4) is 0 Å². The van der Waals surface area contributed by atoms with Crippen molar-refractivity contribution in [3.8, 4) is 22.8 Å². The van der Waals surface area contributed by atoms with Crippen molar-refractivity contribution < 1.29 is 17.9 Å². The number of H-pyrrole nitrogens is 1. The lowest BCUT2D eigenvalue weighted by atomic mass is 10.2. The maximum Gasteiger partial charge on any atom is 0.263 e. The normalized spacial score (nSPS) is 11.2. The molecule has 0 spiro atoms. The Kier molecular flexibility index (Phi) is 4.81. The minimum atomic E-state index is -3.85. The lowest BCUT2D eigenvalue weighted by molar-refractivity contribution is 0.353. The smallest absolute Gasteiger partial charge is 0.263 e. The lowest BCUT2D eigenvalue weighted by Gasteiger charge is -2.13. The van der Waals surface area contributed by atoms with Crippen LogP contribution in [0.25, 0.3) is 11.3 Å². The fourth-order valence-electron chi connectivity index (χ4n) is 2.50. The molecule has 3 aromatic rings. The van der Waals surface area contributed by atoms with E-state index < -0.39 is 10.0 Å². The number of methoxy groups -OCH3 is 2. The van der Waals surface area contributed by atoms with Crippen molar-refractivity contribution in [1.82, 2.24) is 15.2 Å². The zero-order valence-electron chi connectivity index (χ0n) is 14.5. The molecule has 0 radical (unpaired) electrons. The van der Waals surface area contributed by atoms with Crippen LogP contribution >= 0.6 is 0 Å². The summed E-state index contributed by atoms with van der Waals surface area (Å²) in [4.78, 5) is 4.04. The van der Waals surface area contributed by atoms with Crippen molar-refractivity contribution in [1.29, 1.82) is 0 Å². The number of hydrogen-bond acceptors (Lipinski definition) is 6. The van der Waals surface area contributed by atoms with Crippen LogP contribution in [0.5, 0.6) is 11.5 Å². The summed E-state index contributed by atoms with van der Waals surface area (Å²) >= 11 is 0. The molecule has 0 saturated carbocycles. The summed E-state index contributed by atoms with van der Waals surface area (Å²) in [6.45, 7) is 1.68. The first-order valence-electron chi connectivity index (χ1n) is 7.66. The molecule has 9 heteroatoms. The lowest BCUT2D eigenvalue weighted by Crippen LogP contribution is -2.15. The Morgan fingerprint density at radius 3 is 2.35 bits per heavy atom. The highest BCUT2D eigenvalue weighted by molar-refractivity contribution is 7.92. The zero-order valence-corrected chi connectivity index (χ0v) is 15.3. The summed E-state index contributed by atoms with van der Waals surface area (Å²) in [5, 5.41) is 6.82. The van der Waals surface area contributed by atoms with Gasteiger partial charge in [0.25, 0.3) is 10.0 Å². The van der Waals surface area contributed by atoms with Gasteiger partial charge in [-0.15, -0.1) is 0 Å². The fraction of sp³-hybridized carbons (Fsp3) is 0.176. The number of benzene rings is 1. The van der Waals surface area contributed by atoms with Crippen molar-refractivity contribution >= 4 is 15.8 Å². The fourth-order valence-corrected chi connectivity index (χ4v) is 3.73. The molecule has 0 bridgehead atoms. The Morgan fingerprint density at radius 1 is 1.04 bits per heavy atom. The second kappa shape index (κ2) is 7.04. The topological polar surface area (TPSA) is 106 Å². The number of nitrogens with one attached hydrogen (secondary N) is 2. The molecule has 136 valence electrons. The van der Waals surface area contributed by atoms with Gasteiger partial charge in [-0.1, -0.05) is 0 Å². The van der Waals surface area contributed by atoms with Crippen molar-refractivity contribution in [3.05, 3.63) is 48.3 Å². The van der Waals surface area contributed by atoms with E-state index in [1.807, 2.05) is 0 Å². The van der Waals surface area contributed by atoms with Crippen molar-refractivity contribution in [2.24, 2.45) is 0 Å². The third-order valence-corrected chi connectivity index (χ3v) is 5.28. The van der Waals surface area contributed by atoms with E-state index in [0.29, 0.717) is 22.8 Å². The van der Waals surface area contributed by atoms with Crippen LogP contribution in [0.1, 0.15) is 5.56 Å². The molecule has 1 aromatic carbocycles. The Morgan fingerprint density at radius 2 is 1.69 bits per heavy atom. The number of hydrogen-bond donors (Lipinski definition) is 2. The number of rotatable bonds is 6. The average Bonchev–Trinajstić information content (AvgIpc) is 3.09. The van der Waals surface area contributed by atoms with Gasteiger partial charge in [-0.2, -0.15) is 5.10 Å². The Bertz CT molecular complexity index is 1020. The van der Waals surface area contributed by atoms with E-state index in [2.05, 4.69) is 19.9 Å². The molecule has 0 unspecified atom stereocenters. The van der Waals surface area contributed by atoms with Gasteiger partial charge in [0, 0.05) is 30.1 Å². The van der Waals surface area contributed by atoms with E-state index in [9.17, 15) is 8.42 Å². The van der Waals surface area contributed by atoms with Gasteiger partial charge in [-0.05, 0) is 30.7 Å². The monoisotopic (exact) mass is 374 g/mol. The predicted octanol–water partition coefficient (Wildman–Crippen LogP) is 2.60. The SMILES string of the molecule is COc1cc(C)c(S(=O)(=O)Nc2cc(-c3ccncc3)[nH]n2)cc1OC. The first kappa shape index (κ1) is 17.7. The quantitative estimate of drug-likeness (QED) is 0.687. The zero-order chi connectivity index (χ0) is 18.7. The molecule has 0 aliphatic carbocycles. The van der Waals surface area contributed by atoms with Crippen molar-refractivity contribution in [3.63, 3.8) is 0 Å². The molecule has 2 aromatic heterocycles. The van der Waals surface area contributed by atoms with Crippen molar-refractivity contribution in [2.75, 3.05) is 18.9 Å². The minimum absolute atomic E-state index is 0.0867. The summed E-state index contributed by atoms with van der Waals surface area (Å²) in [6, 6.07) is 8.24. The second-order valence-corrected chi connectivity index (χ2v) is 7.13. The number of aromatic nitrogens is 3. The maximum atomic E-state index is 12.8. The number of pyridine rings is 1. The standard InChI is InChI=1S/C17H18N4O4S/c1-11-8-14(24-2)15(25-3)10-16(11)26(22,23)21-17-9-13(19-20-17)12-4-6-18-7-5-12/h4-10H,1-3H3,(H2,19,20,21). The largest absolute Gasteiger partial charge is 0.493 e. The average molecular weight is 374 g/mol. The van der Waals surface area contributed by atoms with E-state index in [1.54, 1.807) is 43.6 Å². The van der Waals surface area contributed by atoms with Crippen LogP contribution in [0.15, 0.2) is 47.6 Å². The number of aryl methyl sites for hydroxylation is 1. The molecule has 2 N–H and O–H groups in total. The molecule has 3 rings (SSSR count). The van der Waals surface area contributed by atoms with E-state index in [-0.39, 0.29) is 10.7 Å². The van der Waals surface area contributed by atoms with Crippen LogP contribution in [-0.2, 0) is 10.0 Å². The number of nitrogens with zero attached hydrogens (tertiary/aromatic N) is 2. The second-order valence-electron chi connectivity index (χ2n) is 5.48. The van der Waals surface area contributed by atoms with Crippen LogP contribution < -0.4 is 14.2 Å². The molecule has 0 saturated heterocycles. The summed E-state index contributed by atoms with van der Waals surface area (Å²) in [6.07, 6.45) is 3.29. The molecule has 0 amide bonds. The molecule has 0 fully saturated rings. The first-order valence-corrected chi connectivity index (χ1v) is 9.14. The van der Waals surface area contributed by atoms with Gasteiger partial charge in [0.05, 0.1) is 24.8 Å². The highest BCUT2D eigenvalue weighted by Crippen LogP contribution is 2.33. The predicted molar refractivity (Wildman–Crippen MR) is 96.9 cm³/mol. The van der Waals surface area contributed by atoms with Gasteiger partial charge >= 0.3 is 0 Å². The van der Waals surface area contributed by atoms with Gasteiger partial charge in [-0.25, -0.2) is 8.42 Å². The highest BCUT2D eigenvalue weighted by atomic mass is 32.2. The van der Waals surface area contributed by atoms with Gasteiger partial charge in [0.15, 0.2) is 17.3 Å². The summed E-state index contributed by atoms with van der Waals surface area (Å²) in [5.41, 5.74) is 2.05. The summed E-state index contributed by atoms with van der Waals surface area (Å²) in [7, 11) is -0.907. The van der Waals surface area contributed by atoms with Crippen LogP contribution in [0, 0.1) is 6.92 Å².